The predicted octanol–water partition coefficient (Wildman–Crippen LogP) is 2.24. The van der Waals surface area contributed by atoms with Crippen LogP contribution >= 0.6 is 0 Å². The van der Waals surface area contributed by atoms with E-state index in [9.17, 15) is 0 Å². The quantitative estimate of drug-likeness (QED) is 0.786. The molecule has 7 nitrogen and oxygen atoms in total. The number of nitrogens with two attached hydrogens (primary N) is 2. The molecule has 2 aromatic rings. The fourth-order valence-corrected chi connectivity index (χ4v) is 3.85. The van der Waals surface area contributed by atoms with E-state index in [0.717, 1.165) is 54.6 Å². The van der Waals surface area contributed by atoms with Crippen LogP contribution in [0.2, 0.25) is 0 Å². The summed E-state index contributed by atoms with van der Waals surface area (Å²) >= 11 is 0. The van der Waals surface area contributed by atoms with Crippen molar-refractivity contribution in [3.05, 3.63) is 24.0 Å². The summed E-state index contributed by atoms with van der Waals surface area (Å²) in [6, 6.07) is 6.14. The summed E-state index contributed by atoms with van der Waals surface area (Å²) in [5.74, 6) is 1.68. The van der Waals surface area contributed by atoms with Gasteiger partial charge in [0.2, 0.25) is 11.9 Å². The molecule has 7 heteroatoms. The molecule has 0 unspecified atom stereocenters. The van der Waals surface area contributed by atoms with Gasteiger partial charge in [0.05, 0.1) is 11.0 Å². The van der Waals surface area contributed by atoms with E-state index >= 15 is 0 Å². The molecule has 0 atom stereocenters. The minimum atomic E-state index is -0.407. The van der Waals surface area contributed by atoms with E-state index in [1.165, 1.54) is 6.42 Å². The summed E-state index contributed by atoms with van der Waals surface area (Å²) in [5.41, 5.74) is 14.7. The number of imidazole rings is 1. The number of rotatable bonds is 2. The molecule has 0 bridgehead atoms. The number of benzene rings is 1. The third kappa shape index (κ3) is 2.31. The normalized spacial score (nSPS) is 20.3. The second kappa shape index (κ2) is 5.51. The molecule has 0 radical (unpaired) electrons. The Morgan fingerprint density at radius 3 is 2.75 bits per heavy atom. The molecule has 24 heavy (non-hydrogen) atoms. The summed E-state index contributed by atoms with van der Waals surface area (Å²) in [7, 11) is 0. The Kier molecular flexibility index (Phi) is 3.44. The number of aromatic amines is 1. The molecule has 4 rings (SSSR count). The SMILES string of the molecule is CCc1nc2ccc(N3C(N)=NC(N)=NC34CCCCC4)cc2[nH]1. The highest BCUT2D eigenvalue weighted by molar-refractivity contribution is 6.06. The summed E-state index contributed by atoms with van der Waals surface area (Å²) in [4.78, 5) is 18.9. The van der Waals surface area contributed by atoms with Crippen LogP contribution in [-0.4, -0.2) is 27.5 Å². The van der Waals surface area contributed by atoms with Crippen molar-refractivity contribution < 1.29 is 0 Å². The standard InChI is InChI=1S/C17H23N7/c1-2-14-20-12-7-6-11(10-13(12)21-14)24-16(19)22-15(18)23-17(24)8-4-3-5-9-17/h6-7,10H,2-5,8-9H2,1H3,(H,20,21)(H4,18,19,22,23). The number of aryl methyl sites for hydroxylation is 1. The number of aromatic nitrogens is 2. The lowest BCUT2D eigenvalue weighted by Crippen LogP contribution is -2.58. The van der Waals surface area contributed by atoms with Gasteiger partial charge in [-0.2, -0.15) is 4.99 Å². The first-order chi connectivity index (χ1) is 11.6. The Balaban J connectivity index is 1.81. The van der Waals surface area contributed by atoms with Crippen molar-refractivity contribution in [3.8, 4) is 0 Å². The third-order valence-corrected chi connectivity index (χ3v) is 4.96. The topological polar surface area (TPSA) is 109 Å². The van der Waals surface area contributed by atoms with Gasteiger partial charge < -0.3 is 16.5 Å². The van der Waals surface area contributed by atoms with Crippen molar-refractivity contribution in [2.45, 2.75) is 51.1 Å². The van der Waals surface area contributed by atoms with Crippen LogP contribution in [0, 0.1) is 0 Å². The lowest BCUT2D eigenvalue weighted by atomic mass is 9.87. The molecule has 0 amide bonds. The van der Waals surface area contributed by atoms with Crippen LogP contribution in [0.3, 0.4) is 0 Å². The summed E-state index contributed by atoms with van der Waals surface area (Å²) in [6.07, 6.45) is 6.21. The number of nitrogens with zero attached hydrogens (tertiary/aromatic N) is 4. The second-order valence-corrected chi connectivity index (χ2v) is 6.56. The van der Waals surface area contributed by atoms with E-state index in [0.29, 0.717) is 5.96 Å². The van der Waals surface area contributed by atoms with Crippen molar-refractivity contribution >= 4 is 28.6 Å². The molecule has 2 aliphatic rings. The van der Waals surface area contributed by atoms with Crippen LogP contribution in [-0.2, 0) is 6.42 Å². The maximum atomic E-state index is 6.27. The molecule has 0 saturated heterocycles. The second-order valence-electron chi connectivity index (χ2n) is 6.56. The van der Waals surface area contributed by atoms with Gasteiger partial charge in [0.15, 0.2) is 0 Å². The van der Waals surface area contributed by atoms with Crippen LogP contribution in [0.4, 0.5) is 5.69 Å². The zero-order valence-electron chi connectivity index (χ0n) is 13.9. The first-order valence-corrected chi connectivity index (χ1v) is 8.60. The Hall–Kier alpha value is -2.57. The highest BCUT2D eigenvalue weighted by Crippen LogP contribution is 2.39. The van der Waals surface area contributed by atoms with E-state index in [-0.39, 0.29) is 5.96 Å². The number of fused-ring (bicyclic) bond motifs is 1. The summed E-state index contributed by atoms with van der Waals surface area (Å²) in [6.45, 7) is 2.09. The van der Waals surface area contributed by atoms with Crippen molar-refractivity contribution in [1.29, 1.82) is 0 Å². The lowest BCUT2D eigenvalue weighted by molar-refractivity contribution is 0.305. The van der Waals surface area contributed by atoms with E-state index in [2.05, 4.69) is 32.9 Å². The average Bonchev–Trinajstić information content (AvgIpc) is 2.97. The molecule has 1 aromatic heterocycles. The van der Waals surface area contributed by atoms with E-state index < -0.39 is 5.66 Å². The average molecular weight is 325 g/mol. The van der Waals surface area contributed by atoms with Gasteiger partial charge in [-0.1, -0.05) is 13.3 Å². The number of guanidine groups is 2. The van der Waals surface area contributed by atoms with Gasteiger partial charge in [-0.05, 0) is 43.9 Å². The zero-order valence-corrected chi connectivity index (χ0v) is 13.9. The maximum absolute atomic E-state index is 6.27. The van der Waals surface area contributed by atoms with E-state index in [1.54, 1.807) is 0 Å². The van der Waals surface area contributed by atoms with Crippen LogP contribution in [0.1, 0.15) is 44.9 Å². The molecular weight excluding hydrogens is 302 g/mol. The Bertz CT molecular complexity index is 827. The summed E-state index contributed by atoms with van der Waals surface area (Å²) in [5, 5.41) is 0. The van der Waals surface area contributed by atoms with Gasteiger partial charge >= 0.3 is 0 Å². The fourth-order valence-electron chi connectivity index (χ4n) is 3.85. The Morgan fingerprint density at radius 1 is 1.21 bits per heavy atom. The number of hydrogen-bond acceptors (Lipinski definition) is 6. The van der Waals surface area contributed by atoms with Gasteiger partial charge in [0, 0.05) is 12.1 Å². The van der Waals surface area contributed by atoms with Crippen LogP contribution < -0.4 is 16.4 Å². The molecule has 5 N–H and O–H groups in total. The molecule has 2 heterocycles. The number of aliphatic imine (C=N–C) groups is 2. The lowest BCUT2D eigenvalue weighted by Gasteiger charge is -2.45. The Labute approximate surface area is 140 Å². The zero-order chi connectivity index (χ0) is 16.7. The summed E-state index contributed by atoms with van der Waals surface area (Å²) < 4.78 is 0. The first kappa shape index (κ1) is 15.0. The molecule has 1 aliphatic carbocycles. The number of hydrogen-bond donors (Lipinski definition) is 3. The van der Waals surface area contributed by atoms with Crippen LogP contribution in [0.25, 0.3) is 11.0 Å². The van der Waals surface area contributed by atoms with Crippen molar-refractivity contribution in [2.75, 3.05) is 4.90 Å². The van der Waals surface area contributed by atoms with Crippen molar-refractivity contribution in [3.63, 3.8) is 0 Å². The van der Waals surface area contributed by atoms with Gasteiger partial charge in [0.25, 0.3) is 0 Å². The molecular formula is C17H23N7. The molecule has 1 saturated carbocycles. The number of nitrogens with one attached hydrogen (secondary N) is 1. The van der Waals surface area contributed by atoms with Crippen LogP contribution in [0.15, 0.2) is 28.2 Å². The molecule has 126 valence electrons. The van der Waals surface area contributed by atoms with E-state index in [1.807, 2.05) is 12.1 Å². The van der Waals surface area contributed by atoms with Crippen molar-refractivity contribution in [2.24, 2.45) is 21.5 Å². The van der Waals surface area contributed by atoms with Crippen molar-refractivity contribution in [1.82, 2.24) is 9.97 Å². The van der Waals surface area contributed by atoms with Gasteiger partial charge in [-0.15, -0.1) is 0 Å². The third-order valence-electron chi connectivity index (χ3n) is 4.96. The first-order valence-electron chi connectivity index (χ1n) is 8.60. The monoisotopic (exact) mass is 325 g/mol. The molecule has 1 aliphatic heterocycles. The van der Waals surface area contributed by atoms with Gasteiger partial charge in [-0.3, -0.25) is 4.90 Å². The predicted molar refractivity (Wildman–Crippen MR) is 97.0 cm³/mol. The number of anilines is 1. The Morgan fingerprint density at radius 2 is 2.00 bits per heavy atom. The smallest absolute Gasteiger partial charge is 0.220 e. The largest absolute Gasteiger partial charge is 0.369 e. The minimum absolute atomic E-state index is 0.279. The highest BCUT2D eigenvalue weighted by atomic mass is 15.4. The minimum Gasteiger partial charge on any atom is -0.369 e. The maximum Gasteiger partial charge on any atom is 0.220 e. The van der Waals surface area contributed by atoms with Crippen LogP contribution in [0.5, 0.6) is 0 Å². The highest BCUT2D eigenvalue weighted by Gasteiger charge is 2.42. The van der Waals surface area contributed by atoms with Gasteiger partial charge in [-0.25, -0.2) is 9.98 Å². The number of H-pyrrole nitrogens is 1. The molecule has 1 spiro atoms. The van der Waals surface area contributed by atoms with E-state index in [4.69, 9.17) is 16.5 Å². The fraction of sp³-hybridized carbons (Fsp3) is 0.471. The van der Waals surface area contributed by atoms with Gasteiger partial charge in [0.1, 0.15) is 11.5 Å². The molecule has 1 fully saturated rings. The molecule has 1 aromatic carbocycles.